The molecule has 0 atom stereocenters. The van der Waals surface area contributed by atoms with E-state index in [0.717, 1.165) is 44.1 Å². The number of carbonyl (C=O) groups excluding carboxylic acids is 2. The Labute approximate surface area is 202 Å². The number of hydrogen-bond donors (Lipinski definition) is 0. The maximum Gasteiger partial charge on any atom is 0.573 e. The number of methoxy groups -OCH3 is 1. The Morgan fingerprint density at radius 2 is 1.60 bits per heavy atom. The summed E-state index contributed by atoms with van der Waals surface area (Å²) in [4.78, 5) is 25.9. The van der Waals surface area contributed by atoms with Gasteiger partial charge in [-0.25, -0.2) is 4.79 Å². The van der Waals surface area contributed by atoms with Crippen molar-refractivity contribution < 1.29 is 32.2 Å². The maximum absolute atomic E-state index is 12.6. The second-order valence-electron chi connectivity index (χ2n) is 8.17. The first-order valence-corrected chi connectivity index (χ1v) is 11.5. The largest absolute Gasteiger partial charge is 0.573 e. The molecule has 0 radical (unpaired) electrons. The number of allylic oxidation sites excluding steroid dienone is 4. The van der Waals surface area contributed by atoms with Gasteiger partial charge in [0.1, 0.15) is 5.75 Å². The molecule has 35 heavy (non-hydrogen) atoms. The average Bonchev–Trinajstić information content (AvgIpc) is 2.86. The summed E-state index contributed by atoms with van der Waals surface area (Å²) in [5.74, 6) is -1.98. The van der Waals surface area contributed by atoms with E-state index in [4.69, 9.17) is 0 Å². The summed E-state index contributed by atoms with van der Waals surface area (Å²) < 4.78 is 45.6. The smallest absolute Gasteiger partial charge is 0.462 e. The molecule has 0 fully saturated rings. The summed E-state index contributed by atoms with van der Waals surface area (Å²) in [5.41, 5.74) is 3.40. The van der Waals surface area contributed by atoms with Crippen LogP contribution < -0.4 is 9.64 Å². The molecule has 0 spiro atoms. The Hall–Kier alpha value is -3.55. The second kappa shape index (κ2) is 12.2. The Bertz CT molecular complexity index is 1060. The Balaban J connectivity index is 1.63. The van der Waals surface area contributed by atoms with Crippen LogP contribution >= 0.6 is 0 Å². The van der Waals surface area contributed by atoms with Gasteiger partial charge in [0.05, 0.1) is 7.11 Å². The van der Waals surface area contributed by atoms with Crippen molar-refractivity contribution >= 4 is 17.6 Å². The number of ether oxygens (including phenoxy) is 2. The molecule has 0 aliphatic heterocycles. The van der Waals surface area contributed by atoms with Crippen molar-refractivity contribution in [1.82, 2.24) is 0 Å². The monoisotopic (exact) mass is 487 g/mol. The highest BCUT2D eigenvalue weighted by molar-refractivity contribution is 6.38. The van der Waals surface area contributed by atoms with E-state index >= 15 is 0 Å². The highest BCUT2D eigenvalue weighted by Crippen LogP contribution is 2.28. The van der Waals surface area contributed by atoms with Crippen molar-refractivity contribution in [2.45, 2.75) is 44.9 Å². The van der Waals surface area contributed by atoms with Gasteiger partial charge >= 0.3 is 18.2 Å². The molecular weight excluding hydrogens is 459 g/mol. The number of alkyl halides is 3. The van der Waals surface area contributed by atoms with Crippen LogP contribution in [-0.2, 0) is 14.3 Å². The summed E-state index contributed by atoms with van der Waals surface area (Å²) in [5, 5.41) is 0. The van der Waals surface area contributed by atoms with E-state index in [1.54, 1.807) is 24.3 Å². The summed E-state index contributed by atoms with van der Waals surface area (Å²) >= 11 is 0. The molecule has 1 amide bonds. The molecule has 0 bridgehead atoms. The molecule has 0 heterocycles. The summed E-state index contributed by atoms with van der Waals surface area (Å²) in [7, 11) is 1.17. The Morgan fingerprint density at radius 1 is 0.943 bits per heavy atom. The van der Waals surface area contributed by atoms with Crippen LogP contribution in [-0.4, -0.2) is 31.9 Å². The minimum Gasteiger partial charge on any atom is -0.462 e. The molecule has 0 aromatic heterocycles. The van der Waals surface area contributed by atoms with Crippen LogP contribution in [0.5, 0.6) is 5.75 Å². The summed E-state index contributed by atoms with van der Waals surface area (Å²) in [6.07, 6.45) is 7.50. The molecule has 1 aliphatic carbocycles. The molecule has 2 aromatic carbocycles. The lowest BCUT2D eigenvalue weighted by Gasteiger charge is -2.22. The average molecular weight is 488 g/mol. The number of nitrogens with zero attached hydrogens (tertiary/aromatic N) is 1. The molecule has 0 saturated heterocycles. The van der Waals surface area contributed by atoms with Crippen LogP contribution in [0.4, 0.5) is 18.9 Å². The lowest BCUT2D eigenvalue weighted by molar-refractivity contribution is -0.274. The molecule has 2 aromatic rings. The highest BCUT2D eigenvalue weighted by atomic mass is 19.4. The molecule has 1 aliphatic rings. The summed E-state index contributed by atoms with van der Waals surface area (Å²) in [6.45, 7) is 0.371. The van der Waals surface area contributed by atoms with Crippen molar-refractivity contribution in [2.75, 3.05) is 18.6 Å². The molecule has 0 unspecified atom stereocenters. The van der Waals surface area contributed by atoms with Crippen molar-refractivity contribution in [2.24, 2.45) is 0 Å². The van der Waals surface area contributed by atoms with Gasteiger partial charge in [-0.3, -0.25) is 4.79 Å². The van der Waals surface area contributed by atoms with Crippen LogP contribution in [0, 0.1) is 0 Å². The number of amides is 1. The lowest BCUT2D eigenvalue weighted by Crippen LogP contribution is -2.38. The van der Waals surface area contributed by atoms with Crippen LogP contribution in [0.2, 0.25) is 0 Å². The van der Waals surface area contributed by atoms with Crippen molar-refractivity contribution in [3.63, 3.8) is 0 Å². The SMILES string of the molecule is COC(=O)C(=O)N(CCCCCC1=CC=CCC1)c1ccc(-c2ccc(OC(F)(F)F)cc2)cc1. The zero-order valence-corrected chi connectivity index (χ0v) is 19.5. The predicted molar refractivity (Wildman–Crippen MR) is 128 cm³/mol. The molecule has 5 nitrogen and oxygen atoms in total. The van der Waals surface area contributed by atoms with E-state index in [9.17, 15) is 22.8 Å². The minimum absolute atomic E-state index is 0.302. The third kappa shape index (κ3) is 8.02. The topological polar surface area (TPSA) is 55.8 Å². The number of esters is 1. The van der Waals surface area contributed by atoms with Gasteiger partial charge < -0.3 is 14.4 Å². The van der Waals surface area contributed by atoms with E-state index in [1.165, 1.54) is 41.8 Å². The van der Waals surface area contributed by atoms with Crippen molar-refractivity contribution in [3.8, 4) is 16.9 Å². The number of rotatable bonds is 9. The molecule has 186 valence electrons. The van der Waals surface area contributed by atoms with E-state index in [0.29, 0.717) is 17.8 Å². The van der Waals surface area contributed by atoms with Crippen LogP contribution in [0.25, 0.3) is 11.1 Å². The first-order valence-electron chi connectivity index (χ1n) is 11.5. The number of unbranched alkanes of at least 4 members (excludes halogenated alkanes) is 2. The van der Waals surface area contributed by atoms with Crippen molar-refractivity contribution in [3.05, 3.63) is 72.3 Å². The summed E-state index contributed by atoms with van der Waals surface area (Å²) in [6, 6.07) is 12.4. The fourth-order valence-electron chi connectivity index (χ4n) is 3.89. The first-order chi connectivity index (χ1) is 16.8. The van der Waals surface area contributed by atoms with Gasteiger partial charge in [-0.15, -0.1) is 13.2 Å². The number of benzene rings is 2. The third-order valence-electron chi connectivity index (χ3n) is 5.69. The van der Waals surface area contributed by atoms with Crippen LogP contribution in [0.3, 0.4) is 0 Å². The van der Waals surface area contributed by atoms with E-state index in [1.807, 2.05) is 0 Å². The van der Waals surface area contributed by atoms with E-state index in [2.05, 4.69) is 27.7 Å². The number of hydrogen-bond acceptors (Lipinski definition) is 4. The van der Waals surface area contributed by atoms with Gasteiger partial charge in [-0.2, -0.15) is 0 Å². The van der Waals surface area contributed by atoms with Gasteiger partial charge in [-0.1, -0.05) is 54.5 Å². The van der Waals surface area contributed by atoms with E-state index < -0.39 is 18.2 Å². The van der Waals surface area contributed by atoms with Gasteiger partial charge in [0.15, 0.2) is 0 Å². The zero-order valence-electron chi connectivity index (χ0n) is 19.5. The standard InChI is InChI=1S/C27H28F3NO4/c1-34-26(33)25(32)31(19-7-3-6-10-20-8-4-2-5-9-20)23-15-11-21(12-16-23)22-13-17-24(18-14-22)35-27(28,29)30/h2,4,8,11-18H,3,5-7,9-10,19H2,1H3. The number of carbonyl (C=O) groups is 2. The van der Waals surface area contributed by atoms with Crippen LogP contribution in [0.1, 0.15) is 38.5 Å². The molecule has 0 saturated carbocycles. The van der Waals surface area contributed by atoms with Gasteiger partial charge in [0, 0.05) is 12.2 Å². The lowest BCUT2D eigenvalue weighted by atomic mass is 9.99. The normalized spacial score (nSPS) is 13.2. The second-order valence-corrected chi connectivity index (χ2v) is 8.17. The van der Waals surface area contributed by atoms with Crippen molar-refractivity contribution in [1.29, 1.82) is 0 Å². The highest BCUT2D eigenvalue weighted by Gasteiger charge is 2.31. The number of halogens is 3. The first kappa shape index (κ1) is 26.1. The van der Waals surface area contributed by atoms with Crippen LogP contribution in [0.15, 0.2) is 72.3 Å². The molecule has 3 rings (SSSR count). The quantitative estimate of drug-likeness (QED) is 0.227. The zero-order chi connectivity index (χ0) is 25.3. The molecule has 8 heteroatoms. The van der Waals surface area contributed by atoms with E-state index in [-0.39, 0.29) is 5.75 Å². The van der Waals surface area contributed by atoms with Gasteiger partial charge in [0.2, 0.25) is 0 Å². The molecular formula is C27H28F3NO4. The maximum atomic E-state index is 12.6. The minimum atomic E-state index is -4.75. The molecule has 0 N–H and O–H groups in total. The fraction of sp³-hybridized carbons (Fsp3) is 0.333. The third-order valence-corrected chi connectivity index (χ3v) is 5.69. The van der Waals surface area contributed by atoms with Gasteiger partial charge in [0.25, 0.3) is 0 Å². The Morgan fingerprint density at radius 3 is 2.17 bits per heavy atom. The Kier molecular flexibility index (Phi) is 9.11. The number of anilines is 1. The van der Waals surface area contributed by atoms with Gasteiger partial charge in [-0.05, 0) is 67.5 Å². The fourth-order valence-corrected chi connectivity index (χ4v) is 3.89. The predicted octanol–water partition coefficient (Wildman–Crippen LogP) is 6.60.